The first-order chi connectivity index (χ1) is 40.4. The van der Waals surface area contributed by atoms with Gasteiger partial charge >= 0.3 is 0 Å². The number of hydrogen-bond donors (Lipinski definition) is 3. The summed E-state index contributed by atoms with van der Waals surface area (Å²) < 4.78 is 26.3. The molecule has 4 aliphatic heterocycles. The van der Waals surface area contributed by atoms with Crippen LogP contribution in [0.3, 0.4) is 0 Å². The van der Waals surface area contributed by atoms with E-state index < -0.39 is 17.8 Å². The van der Waals surface area contributed by atoms with Crippen LogP contribution in [0, 0.1) is 17.7 Å². The zero-order valence-electron chi connectivity index (χ0n) is 48.3. The number of carbonyl (C=O) groups is 5. The first kappa shape index (κ1) is 59.0. The van der Waals surface area contributed by atoms with E-state index in [1.165, 1.54) is 6.07 Å². The molecule has 5 aromatic rings. The fourth-order valence-corrected chi connectivity index (χ4v) is 13.0. The molecule has 5 amide bonds. The highest BCUT2D eigenvalue weighted by atomic mass is 19.1. The van der Waals surface area contributed by atoms with Gasteiger partial charge in [0, 0.05) is 127 Å². The molecule has 1 aromatic heterocycles. The Balaban J connectivity index is 0.650. The van der Waals surface area contributed by atoms with Crippen LogP contribution in [0.1, 0.15) is 114 Å². The molecule has 83 heavy (non-hydrogen) atoms. The molecule has 2 atom stereocenters. The molecule has 5 aliphatic rings. The maximum atomic E-state index is 15.2. The quantitative estimate of drug-likeness (QED) is 0.0866. The highest BCUT2D eigenvalue weighted by Crippen LogP contribution is 2.32. The summed E-state index contributed by atoms with van der Waals surface area (Å²) >= 11 is 0. The Hall–Kier alpha value is -7.22. The Morgan fingerprint density at radius 1 is 0.723 bits per heavy atom. The lowest BCUT2D eigenvalue weighted by atomic mass is 9.82. The number of H-pyrrole nitrogens is 1. The predicted molar refractivity (Wildman–Crippen MR) is 315 cm³/mol. The van der Waals surface area contributed by atoms with Crippen LogP contribution in [0.5, 0.6) is 11.5 Å². The molecule has 0 radical (unpaired) electrons. The zero-order chi connectivity index (χ0) is 57.8. The summed E-state index contributed by atoms with van der Waals surface area (Å²) in [5.41, 5.74) is 3.51. The minimum Gasteiger partial charge on any atom is -0.497 e. The lowest BCUT2D eigenvalue weighted by Crippen LogP contribution is -2.55. The van der Waals surface area contributed by atoms with E-state index in [1.54, 1.807) is 41.2 Å². The third-order valence-electron chi connectivity index (χ3n) is 17.8. The smallest absolute Gasteiger partial charge is 0.272 e. The summed E-state index contributed by atoms with van der Waals surface area (Å²) in [7, 11) is 1.62. The normalized spacial score (nSPS) is 19.1. The fraction of sp³-hybridized carbons (Fsp3) is 0.516. The van der Waals surface area contributed by atoms with Crippen LogP contribution in [0.2, 0.25) is 0 Å². The van der Waals surface area contributed by atoms with E-state index in [1.807, 2.05) is 71.3 Å². The number of rotatable bonds is 19. The van der Waals surface area contributed by atoms with Crippen molar-refractivity contribution in [1.82, 2.24) is 50.2 Å². The Morgan fingerprint density at radius 2 is 1.47 bits per heavy atom. The van der Waals surface area contributed by atoms with Crippen molar-refractivity contribution in [1.29, 1.82) is 0 Å². The number of benzene rings is 4. The van der Waals surface area contributed by atoms with Gasteiger partial charge in [-0.1, -0.05) is 61.7 Å². The van der Waals surface area contributed by atoms with Crippen molar-refractivity contribution < 1.29 is 37.8 Å². The molecule has 0 spiro atoms. The van der Waals surface area contributed by atoms with Crippen molar-refractivity contribution in [2.24, 2.45) is 11.8 Å². The summed E-state index contributed by atoms with van der Waals surface area (Å²) in [5, 5.41) is 14.6. The van der Waals surface area contributed by atoms with Crippen LogP contribution in [0.4, 0.5) is 4.39 Å². The van der Waals surface area contributed by atoms with Crippen molar-refractivity contribution in [3.8, 4) is 11.5 Å². The second-order valence-corrected chi connectivity index (χ2v) is 23.2. The minimum absolute atomic E-state index is 0.0218. The maximum absolute atomic E-state index is 15.2. The Labute approximate surface area is 486 Å². The van der Waals surface area contributed by atoms with E-state index in [0.29, 0.717) is 118 Å². The van der Waals surface area contributed by atoms with Crippen LogP contribution in [0.15, 0.2) is 89.7 Å². The van der Waals surface area contributed by atoms with Crippen LogP contribution < -0.4 is 25.7 Å². The van der Waals surface area contributed by atoms with Crippen molar-refractivity contribution in [3.05, 3.63) is 135 Å². The van der Waals surface area contributed by atoms with Gasteiger partial charge < -0.3 is 44.6 Å². The number of aromatic amines is 1. The topological polar surface area (TPSA) is 193 Å². The number of ether oxygens (including phenoxy) is 2. The second-order valence-electron chi connectivity index (χ2n) is 23.2. The molecular weight excluding hydrogens is 1060 g/mol. The Bertz CT molecular complexity index is 3140. The number of amides is 5. The van der Waals surface area contributed by atoms with Gasteiger partial charge in [0.25, 0.3) is 17.4 Å². The van der Waals surface area contributed by atoms with Crippen molar-refractivity contribution >= 4 is 40.3 Å². The summed E-state index contributed by atoms with van der Waals surface area (Å²) in [5.74, 6) is 0.887. The van der Waals surface area contributed by atoms with Gasteiger partial charge in [-0.2, -0.15) is 5.10 Å². The predicted octanol–water partition coefficient (Wildman–Crippen LogP) is 6.08. The summed E-state index contributed by atoms with van der Waals surface area (Å²) in [6, 6.07) is 24.5. The highest BCUT2D eigenvalue weighted by Gasteiger charge is 2.37. The van der Waals surface area contributed by atoms with Gasteiger partial charge in [-0.25, -0.2) is 9.49 Å². The number of likely N-dealkylation sites (tertiary alicyclic amines) is 2. The zero-order valence-corrected chi connectivity index (χ0v) is 48.3. The Morgan fingerprint density at radius 3 is 2.23 bits per heavy atom. The number of hydrogen-bond acceptors (Lipinski definition) is 12. The molecule has 442 valence electrons. The largest absolute Gasteiger partial charge is 0.497 e. The SMILES string of the molecule is CCOc1cc(OC)ccc1CNCC(=O)N1CCCC(c2cccc(C(=O)N[C@@H](C(=O)N3CCC(CN4CCN(CC(=O)N5CCN(C(=O)c6cc(Cc7n[nH]c(=O)c8ccccc78)ccc6F)CC5)CC4)CC3)C3CCCCC3)c2)C1. The average molecular weight is 1140 g/mol. The summed E-state index contributed by atoms with van der Waals surface area (Å²) in [4.78, 5) is 93.7. The minimum atomic E-state index is -0.610. The van der Waals surface area contributed by atoms with E-state index in [0.717, 1.165) is 107 Å². The average Bonchev–Trinajstić information content (AvgIpc) is 3.61. The number of nitrogens with zero attached hydrogens (tertiary/aromatic N) is 7. The van der Waals surface area contributed by atoms with Crippen LogP contribution in [-0.2, 0) is 27.3 Å². The van der Waals surface area contributed by atoms with E-state index in [-0.39, 0.29) is 53.1 Å². The molecule has 5 heterocycles. The summed E-state index contributed by atoms with van der Waals surface area (Å²) in [6.07, 6.45) is 8.93. The number of carbonyl (C=O) groups excluding carboxylic acids is 5. The molecule has 4 saturated heterocycles. The van der Waals surface area contributed by atoms with Crippen molar-refractivity contribution in [2.45, 2.75) is 89.6 Å². The van der Waals surface area contributed by atoms with Crippen LogP contribution in [0.25, 0.3) is 10.8 Å². The second kappa shape index (κ2) is 27.9. The highest BCUT2D eigenvalue weighted by molar-refractivity contribution is 5.98. The molecule has 4 aromatic carbocycles. The van der Waals surface area contributed by atoms with Gasteiger partial charge in [-0.3, -0.25) is 33.7 Å². The van der Waals surface area contributed by atoms with E-state index in [9.17, 15) is 28.8 Å². The molecule has 1 unspecified atom stereocenters. The lowest BCUT2D eigenvalue weighted by Gasteiger charge is -2.41. The number of aromatic nitrogens is 2. The van der Waals surface area contributed by atoms with Crippen LogP contribution in [-0.4, -0.2) is 187 Å². The van der Waals surface area contributed by atoms with Gasteiger partial charge in [0.1, 0.15) is 23.4 Å². The van der Waals surface area contributed by atoms with Gasteiger partial charge in [0.2, 0.25) is 17.7 Å². The van der Waals surface area contributed by atoms with E-state index in [2.05, 4.69) is 30.6 Å². The number of piperazine rings is 2. The monoisotopic (exact) mass is 1140 g/mol. The van der Waals surface area contributed by atoms with Crippen LogP contribution >= 0.6 is 0 Å². The molecular formula is C64H81FN10O8. The first-order valence-electron chi connectivity index (χ1n) is 30.2. The molecule has 3 N–H and O–H groups in total. The summed E-state index contributed by atoms with van der Waals surface area (Å²) in [6.45, 7) is 11.6. The molecule has 0 bridgehead atoms. The molecule has 1 aliphatic carbocycles. The molecule has 1 saturated carbocycles. The third-order valence-corrected chi connectivity index (χ3v) is 17.8. The van der Waals surface area contributed by atoms with Gasteiger partial charge in [0.15, 0.2) is 0 Å². The first-order valence-corrected chi connectivity index (χ1v) is 30.2. The number of methoxy groups -OCH3 is 1. The molecule has 5 fully saturated rings. The molecule has 19 heteroatoms. The van der Waals surface area contributed by atoms with Gasteiger partial charge in [-0.05, 0) is 105 Å². The number of fused-ring (bicyclic) bond motifs is 1. The van der Waals surface area contributed by atoms with E-state index >= 15 is 4.39 Å². The van der Waals surface area contributed by atoms with Gasteiger partial charge in [-0.15, -0.1) is 0 Å². The Kier molecular flexibility index (Phi) is 19.8. The molecule has 18 nitrogen and oxygen atoms in total. The van der Waals surface area contributed by atoms with E-state index in [4.69, 9.17) is 9.47 Å². The maximum Gasteiger partial charge on any atom is 0.272 e. The third kappa shape index (κ3) is 14.8. The standard InChI is InChI=1S/C64H81FN10O8/c1-3-83-57-38-51(82-2)20-19-49(57)39-66-40-58(76)75-24-10-15-50(42-75)47-13-9-14-48(37-47)61(78)67-60(46-11-5-4-6-12-46)64(81)73-25-22-44(23-26-73)41-70-27-29-71(30-28-70)43-59(77)72-31-33-74(34-32-72)63(80)54-35-45(18-21-55(54)65)36-56-52-16-7-8-17-53(52)62(79)69-68-56/h7-9,13-14,16-21,35,37-38,44,46,50,60,66H,3-6,10-12,15,22-34,36,39-43H2,1-2H3,(H,67,78)(H,69,79)/t50?,60-/m1/s1. The number of halogens is 1. The van der Waals surface area contributed by atoms with Crippen molar-refractivity contribution in [2.75, 3.05) is 112 Å². The van der Waals surface area contributed by atoms with Gasteiger partial charge in [0.05, 0.1) is 43.4 Å². The lowest BCUT2D eigenvalue weighted by molar-refractivity contribution is -0.137. The fourth-order valence-electron chi connectivity index (χ4n) is 13.0. The van der Waals surface area contributed by atoms with Crippen molar-refractivity contribution in [3.63, 3.8) is 0 Å². The number of piperidine rings is 2. The number of nitrogens with one attached hydrogen (secondary N) is 3. The molecule has 10 rings (SSSR count).